The molecular formula is C14H21NS. The third-order valence-corrected chi connectivity index (χ3v) is 4.45. The van der Waals surface area contributed by atoms with Gasteiger partial charge in [0, 0.05) is 16.7 Å². The summed E-state index contributed by atoms with van der Waals surface area (Å²) in [6.07, 6.45) is 0. The fraction of sp³-hybridized carbons (Fsp3) is 0.571. The molecule has 0 radical (unpaired) electrons. The molecule has 1 aromatic carbocycles. The van der Waals surface area contributed by atoms with Crippen LogP contribution in [0.25, 0.3) is 0 Å². The lowest BCUT2D eigenvalue weighted by Crippen LogP contribution is -2.33. The molecular weight excluding hydrogens is 214 g/mol. The van der Waals surface area contributed by atoms with Gasteiger partial charge in [0.1, 0.15) is 0 Å². The standard InChI is InChI=1S/C14H21NS/c1-10(2)8-15-14-11(3)9-16-13-7-5-4-6-12(13)14/h4-7,10-11,14-15H,8-9H2,1-3H3. The van der Waals surface area contributed by atoms with Crippen molar-refractivity contribution in [3.05, 3.63) is 29.8 Å². The smallest absolute Gasteiger partial charge is 0.0365 e. The van der Waals surface area contributed by atoms with E-state index in [0.717, 1.165) is 12.5 Å². The molecule has 1 aliphatic rings. The Hall–Kier alpha value is -0.470. The van der Waals surface area contributed by atoms with Crippen molar-refractivity contribution in [1.29, 1.82) is 0 Å². The minimum atomic E-state index is 0.542. The van der Waals surface area contributed by atoms with Crippen molar-refractivity contribution in [1.82, 2.24) is 5.32 Å². The number of hydrogen-bond donors (Lipinski definition) is 1. The first kappa shape index (κ1) is 12.0. The van der Waals surface area contributed by atoms with Crippen LogP contribution < -0.4 is 5.32 Å². The monoisotopic (exact) mass is 235 g/mol. The van der Waals surface area contributed by atoms with Crippen LogP contribution in [0.5, 0.6) is 0 Å². The Kier molecular flexibility index (Phi) is 3.93. The number of fused-ring (bicyclic) bond motifs is 1. The van der Waals surface area contributed by atoms with E-state index in [0.29, 0.717) is 12.0 Å². The number of thioether (sulfide) groups is 1. The molecule has 1 N–H and O–H groups in total. The third kappa shape index (κ3) is 2.61. The van der Waals surface area contributed by atoms with Crippen LogP contribution in [0.3, 0.4) is 0 Å². The quantitative estimate of drug-likeness (QED) is 0.857. The van der Waals surface area contributed by atoms with Gasteiger partial charge in [-0.25, -0.2) is 0 Å². The molecule has 1 nitrogen and oxygen atoms in total. The highest BCUT2D eigenvalue weighted by molar-refractivity contribution is 7.99. The summed E-state index contributed by atoms with van der Waals surface area (Å²) in [5.74, 6) is 2.67. The Morgan fingerprint density at radius 1 is 1.38 bits per heavy atom. The van der Waals surface area contributed by atoms with Gasteiger partial charge in [-0.15, -0.1) is 11.8 Å². The van der Waals surface area contributed by atoms with Crippen molar-refractivity contribution in [3.8, 4) is 0 Å². The second-order valence-electron chi connectivity index (χ2n) is 5.11. The Bertz CT molecular complexity index is 348. The van der Waals surface area contributed by atoms with E-state index in [1.165, 1.54) is 16.2 Å². The summed E-state index contributed by atoms with van der Waals surface area (Å²) < 4.78 is 0. The fourth-order valence-electron chi connectivity index (χ4n) is 2.17. The maximum Gasteiger partial charge on any atom is 0.0365 e. The molecule has 0 spiro atoms. The average molecular weight is 235 g/mol. The van der Waals surface area contributed by atoms with Gasteiger partial charge in [-0.3, -0.25) is 0 Å². The van der Waals surface area contributed by atoms with Crippen molar-refractivity contribution in [3.63, 3.8) is 0 Å². The topological polar surface area (TPSA) is 12.0 Å². The zero-order valence-corrected chi connectivity index (χ0v) is 11.2. The predicted molar refractivity (Wildman–Crippen MR) is 71.9 cm³/mol. The second-order valence-corrected chi connectivity index (χ2v) is 6.17. The van der Waals surface area contributed by atoms with Gasteiger partial charge in [-0.2, -0.15) is 0 Å². The highest BCUT2D eigenvalue weighted by atomic mass is 32.2. The molecule has 16 heavy (non-hydrogen) atoms. The van der Waals surface area contributed by atoms with E-state index in [-0.39, 0.29) is 0 Å². The molecule has 88 valence electrons. The van der Waals surface area contributed by atoms with Crippen LogP contribution in [0.15, 0.2) is 29.2 Å². The number of hydrogen-bond acceptors (Lipinski definition) is 2. The van der Waals surface area contributed by atoms with Crippen molar-refractivity contribution in [2.75, 3.05) is 12.3 Å². The Morgan fingerprint density at radius 2 is 2.12 bits per heavy atom. The molecule has 0 bridgehead atoms. The van der Waals surface area contributed by atoms with E-state index in [4.69, 9.17) is 0 Å². The number of rotatable bonds is 3. The zero-order valence-electron chi connectivity index (χ0n) is 10.4. The summed E-state index contributed by atoms with van der Waals surface area (Å²) >= 11 is 1.99. The molecule has 0 aliphatic carbocycles. The number of benzene rings is 1. The SMILES string of the molecule is CC(C)CNC1c2ccccc2SCC1C. The summed E-state index contributed by atoms with van der Waals surface area (Å²) in [4.78, 5) is 1.46. The lowest BCUT2D eigenvalue weighted by Gasteiger charge is -2.32. The van der Waals surface area contributed by atoms with Crippen molar-refractivity contribution in [2.45, 2.75) is 31.7 Å². The molecule has 2 atom stereocenters. The van der Waals surface area contributed by atoms with Crippen molar-refractivity contribution >= 4 is 11.8 Å². The van der Waals surface area contributed by atoms with Crippen LogP contribution in [0.2, 0.25) is 0 Å². The molecule has 1 heterocycles. The van der Waals surface area contributed by atoms with Crippen molar-refractivity contribution < 1.29 is 0 Å². The minimum absolute atomic E-state index is 0.542. The molecule has 2 heteroatoms. The fourth-order valence-corrected chi connectivity index (χ4v) is 3.34. The van der Waals surface area contributed by atoms with E-state index in [9.17, 15) is 0 Å². The Labute approximate surface area is 103 Å². The predicted octanol–water partition coefficient (Wildman–Crippen LogP) is 3.72. The molecule has 0 saturated carbocycles. The van der Waals surface area contributed by atoms with E-state index >= 15 is 0 Å². The molecule has 0 aromatic heterocycles. The number of nitrogens with one attached hydrogen (secondary N) is 1. The maximum absolute atomic E-state index is 3.71. The van der Waals surface area contributed by atoms with E-state index in [2.05, 4.69) is 50.4 Å². The van der Waals surface area contributed by atoms with Gasteiger partial charge >= 0.3 is 0 Å². The normalized spacial score (nSPS) is 24.5. The highest BCUT2D eigenvalue weighted by Gasteiger charge is 2.26. The van der Waals surface area contributed by atoms with Crippen LogP contribution in [0.1, 0.15) is 32.4 Å². The van der Waals surface area contributed by atoms with Crippen molar-refractivity contribution in [2.24, 2.45) is 11.8 Å². The summed E-state index contributed by atoms with van der Waals surface area (Å²) in [5.41, 5.74) is 1.49. The van der Waals surface area contributed by atoms with Gasteiger partial charge in [0.15, 0.2) is 0 Å². The maximum atomic E-state index is 3.71. The zero-order chi connectivity index (χ0) is 11.5. The van der Waals surface area contributed by atoms with E-state index < -0.39 is 0 Å². The van der Waals surface area contributed by atoms with Gasteiger partial charge in [0.25, 0.3) is 0 Å². The van der Waals surface area contributed by atoms with Crippen LogP contribution >= 0.6 is 11.8 Å². The van der Waals surface area contributed by atoms with Gasteiger partial charge in [-0.05, 0) is 30.0 Å². The van der Waals surface area contributed by atoms with Gasteiger partial charge in [-0.1, -0.05) is 39.0 Å². The van der Waals surface area contributed by atoms with Gasteiger partial charge in [0.2, 0.25) is 0 Å². The molecule has 0 saturated heterocycles. The molecule has 2 rings (SSSR count). The van der Waals surface area contributed by atoms with Gasteiger partial charge < -0.3 is 5.32 Å². The third-order valence-electron chi connectivity index (χ3n) is 3.07. The van der Waals surface area contributed by atoms with E-state index in [1.54, 1.807) is 0 Å². The lowest BCUT2D eigenvalue weighted by molar-refractivity contribution is 0.383. The van der Waals surface area contributed by atoms with Crippen LogP contribution in [0.4, 0.5) is 0 Å². The second kappa shape index (κ2) is 5.24. The Balaban J connectivity index is 2.16. The van der Waals surface area contributed by atoms with E-state index in [1.807, 2.05) is 11.8 Å². The summed E-state index contributed by atoms with van der Waals surface area (Å²) in [7, 11) is 0. The van der Waals surface area contributed by atoms with Crippen LogP contribution in [-0.2, 0) is 0 Å². The summed E-state index contributed by atoms with van der Waals surface area (Å²) in [5, 5.41) is 3.71. The van der Waals surface area contributed by atoms with Crippen LogP contribution in [0, 0.1) is 11.8 Å². The average Bonchev–Trinajstić information content (AvgIpc) is 2.27. The molecule has 0 fully saturated rings. The minimum Gasteiger partial charge on any atom is -0.309 e. The van der Waals surface area contributed by atoms with Gasteiger partial charge in [0.05, 0.1) is 0 Å². The molecule has 2 unspecified atom stereocenters. The van der Waals surface area contributed by atoms with Crippen LogP contribution in [-0.4, -0.2) is 12.3 Å². The highest BCUT2D eigenvalue weighted by Crippen LogP contribution is 2.39. The summed E-state index contributed by atoms with van der Waals surface area (Å²) in [6.45, 7) is 7.98. The molecule has 0 amide bonds. The first-order valence-electron chi connectivity index (χ1n) is 6.13. The lowest BCUT2D eigenvalue weighted by atomic mass is 9.94. The first-order valence-corrected chi connectivity index (χ1v) is 7.12. The summed E-state index contributed by atoms with van der Waals surface area (Å²) in [6, 6.07) is 9.36. The largest absolute Gasteiger partial charge is 0.309 e. The molecule has 1 aliphatic heterocycles. The molecule has 1 aromatic rings. The first-order chi connectivity index (χ1) is 7.68. The Morgan fingerprint density at radius 3 is 2.88 bits per heavy atom.